The Hall–Kier alpha value is -1.00. The van der Waals surface area contributed by atoms with Crippen molar-refractivity contribution in [1.29, 1.82) is 5.26 Å². The average molecular weight is 180 g/mol. The maximum atomic E-state index is 8.53. The highest BCUT2D eigenvalue weighted by molar-refractivity contribution is 6.22. The minimum absolute atomic E-state index is 0.518. The molecule has 0 aliphatic heterocycles. The molecule has 0 amide bonds. The number of halogens is 1. The molecular weight excluding hydrogens is 170 g/mol. The maximum absolute atomic E-state index is 8.53. The first-order chi connectivity index (χ1) is 5.77. The van der Waals surface area contributed by atoms with Gasteiger partial charge in [0.15, 0.2) is 0 Å². The molecule has 0 aliphatic rings. The number of alkyl halides is 1. The molecule has 0 heterocycles. The smallest absolute Gasteiger partial charge is 0.145 e. The van der Waals surface area contributed by atoms with Crippen LogP contribution in [-0.2, 0) is 6.42 Å². The van der Waals surface area contributed by atoms with Gasteiger partial charge < -0.3 is 0 Å². The van der Waals surface area contributed by atoms with Gasteiger partial charge in [0.2, 0.25) is 0 Å². The van der Waals surface area contributed by atoms with Crippen LogP contribution in [0.3, 0.4) is 0 Å². The fourth-order valence-corrected chi connectivity index (χ4v) is 1.14. The van der Waals surface area contributed by atoms with Crippen molar-refractivity contribution in [2.24, 2.45) is 0 Å². The molecule has 0 aromatic heterocycles. The van der Waals surface area contributed by atoms with Gasteiger partial charge in [-0.2, -0.15) is 5.26 Å². The monoisotopic (exact) mass is 179 g/mol. The highest BCUT2D eigenvalue weighted by Crippen LogP contribution is 2.19. The van der Waals surface area contributed by atoms with Crippen LogP contribution >= 0.6 is 11.6 Å². The molecule has 0 fully saturated rings. The first-order valence-electron chi connectivity index (χ1n) is 3.90. The second-order valence-electron chi connectivity index (χ2n) is 2.59. The molecule has 0 unspecified atom stereocenters. The summed E-state index contributed by atoms with van der Waals surface area (Å²) in [5.74, 6) is 0. The first-order valence-corrected chi connectivity index (χ1v) is 4.34. The predicted molar refractivity (Wildman–Crippen MR) is 50.0 cm³/mol. The summed E-state index contributed by atoms with van der Waals surface area (Å²) in [5, 5.41) is 8.02. The summed E-state index contributed by atoms with van der Waals surface area (Å²) in [4.78, 5) is 0. The van der Waals surface area contributed by atoms with Crippen molar-refractivity contribution in [3.8, 4) is 6.07 Å². The molecular formula is C10H10ClN. The lowest BCUT2D eigenvalue weighted by atomic mass is 10.1. The quantitative estimate of drug-likeness (QED) is 0.641. The average Bonchev–Trinajstić information content (AvgIpc) is 2.17. The molecule has 2 heteroatoms. The maximum Gasteiger partial charge on any atom is 0.145 e. The van der Waals surface area contributed by atoms with Crippen LogP contribution in [0.25, 0.3) is 0 Å². The molecule has 1 aromatic carbocycles. The summed E-state index contributed by atoms with van der Waals surface area (Å²) in [6.07, 6.45) is 1.01. The fourth-order valence-electron chi connectivity index (χ4n) is 0.997. The predicted octanol–water partition coefficient (Wildman–Crippen LogP) is 3.05. The van der Waals surface area contributed by atoms with E-state index >= 15 is 0 Å². The van der Waals surface area contributed by atoms with Gasteiger partial charge in [0.1, 0.15) is 5.38 Å². The van der Waals surface area contributed by atoms with Crippen LogP contribution in [0, 0.1) is 11.3 Å². The summed E-state index contributed by atoms with van der Waals surface area (Å²) < 4.78 is 0. The second-order valence-corrected chi connectivity index (χ2v) is 3.02. The van der Waals surface area contributed by atoms with E-state index in [9.17, 15) is 0 Å². The van der Waals surface area contributed by atoms with Crippen LogP contribution in [0.4, 0.5) is 0 Å². The van der Waals surface area contributed by atoms with Gasteiger partial charge in [-0.05, 0) is 17.5 Å². The summed E-state index contributed by atoms with van der Waals surface area (Å²) in [6, 6.07) is 9.79. The number of benzene rings is 1. The number of nitrogens with zero attached hydrogens (tertiary/aromatic N) is 1. The lowest BCUT2D eigenvalue weighted by Gasteiger charge is -2.01. The third-order valence-corrected chi connectivity index (χ3v) is 2.14. The summed E-state index contributed by atoms with van der Waals surface area (Å²) >= 11 is 5.73. The van der Waals surface area contributed by atoms with Gasteiger partial charge in [-0.25, -0.2) is 0 Å². The van der Waals surface area contributed by atoms with E-state index in [1.165, 1.54) is 5.56 Å². The Bertz CT molecular complexity index is 284. The van der Waals surface area contributed by atoms with Crippen LogP contribution in [0.1, 0.15) is 23.4 Å². The topological polar surface area (TPSA) is 23.8 Å². The largest absolute Gasteiger partial charge is 0.196 e. The summed E-state index contributed by atoms with van der Waals surface area (Å²) in [5.41, 5.74) is 2.14. The number of nitriles is 1. The first kappa shape index (κ1) is 9.09. The number of hydrogen-bond donors (Lipinski definition) is 0. The Morgan fingerprint density at radius 3 is 2.42 bits per heavy atom. The highest BCUT2D eigenvalue weighted by atomic mass is 35.5. The van der Waals surface area contributed by atoms with Gasteiger partial charge in [0.05, 0.1) is 6.07 Å². The molecule has 0 saturated heterocycles. The molecule has 0 saturated carbocycles. The van der Waals surface area contributed by atoms with Crippen LogP contribution in [0.2, 0.25) is 0 Å². The second kappa shape index (κ2) is 4.13. The van der Waals surface area contributed by atoms with Gasteiger partial charge in [-0.3, -0.25) is 0 Å². The molecule has 0 radical (unpaired) electrons. The highest BCUT2D eigenvalue weighted by Gasteiger charge is 2.04. The molecule has 1 atom stereocenters. The summed E-state index contributed by atoms with van der Waals surface area (Å²) in [7, 11) is 0. The molecule has 1 rings (SSSR count). The minimum atomic E-state index is -0.518. The third-order valence-electron chi connectivity index (χ3n) is 1.79. The van der Waals surface area contributed by atoms with Crippen molar-refractivity contribution >= 4 is 11.6 Å². The van der Waals surface area contributed by atoms with E-state index in [4.69, 9.17) is 16.9 Å². The normalized spacial score (nSPS) is 12.1. The van der Waals surface area contributed by atoms with Gasteiger partial charge >= 0.3 is 0 Å². The van der Waals surface area contributed by atoms with Crippen molar-refractivity contribution in [3.05, 3.63) is 35.4 Å². The zero-order valence-corrected chi connectivity index (χ0v) is 7.67. The third kappa shape index (κ3) is 1.99. The van der Waals surface area contributed by atoms with E-state index in [1.807, 2.05) is 30.3 Å². The SMILES string of the molecule is CCc1ccc([C@@H](Cl)C#N)cc1. The molecule has 0 bridgehead atoms. The van der Waals surface area contributed by atoms with E-state index < -0.39 is 5.38 Å². The van der Waals surface area contributed by atoms with E-state index in [2.05, 4.69) is 6.92 Å². The zero-order chi connectivity index (χ0) is 8.97. The Morgan fingerprint density at radius 1 is 1.42 bits per heavy atom. The van der Waals surface area contributed by atoms with E-state index in [-0.39, 0.29) is 0 Å². The van der Waals surface area contributed by atoms with Crippen LogP contribution in [-0.4, -0.2) is 0 Å². The molecule has 62 valence electrons. The van der Waals surface area contributed by atoms with Crippen molar-refractivity contribution in [3.63, 3.8) is 0 Å². The lowest BCUT2D eigenvalue weighted by Crippen LogP contribution is -1.87. The van der Waals surface area contributed by atoms with Gasteiger partial charge in [0, 0.05) is 0 Å². The Balaban J connectivity index is 2.86. The Labute approximate surface area is 77.6 Å². The molecule has 12 heavy (non-hydrogen) atoms. The summed E-state index contributed by atoms with van der Waals surface area (Å²) in [6.45, 7) is 2.09. The van der Waals surface area contributed by atoms with Crippen molar-refractivity contribution in [2.75, 3.05) is 0 Å². The molecule has 0 spiro atoms. The van der Waals surface area contributed by atoms with E-state index in [0.717, 1.165) is 12.0 Å². The molecule has 0 aliphatic carbocycles. The van der Waals surface area contributed by atoms with Crippen LogP contribution in [0.5, 0.6) is 0 Å². The Morgan fingerprint density at radius 2 is 2.00 bits per heavy atom. The minimum Gasteiger partial charge on any atom is -0.196 e. The zero-order valence-electron chi connectivity index (χ0n) is 6.92. The molecule has 0 N–H and O–H groups in total. The lowest BCUT2D eigenvalue weighted by molar-refractivity contribution is 1.12. The van der Waals surface area contributed by atoms with E-state index in [1.54, 1.807) is 0 Å². The van der Waals surface area contributed by atoms with Crippen molar-refractivity contribution in [2.45, 2.75) is 18.7 Å². The Kier molecular flexibility index (Phi) is 3.13. The van der Waals surface area contributed by atoms with Gasteiger partial charge in [-0.15, -0.1) is 11.6 Å². The van der Waals surface area contributed by atoms with Crippen molar-refractivity contribution in [1.82, 2.24) is 0 Å². The van der Waals surface area contributed by atoms with Gasteiger partial charge in [0.25, 0.3) is 0 Å². The number of aryl methyl sites for hydroxylation is 1. The molecule has 1 nitrogen and oxygen atoms in total. The standard InChI is InChI=1S/C10H10ClN/c1-2-8-3-5-9(6-4-8)10(11)7-12/h3-6,10H,2H2,1H3/t10-/m0/s1. The molecule has 1 aromatic rings. The van der Waals surface area contributed by atoms with Gasteiger partial charge in [-0.1, -0.05) is 31.2 Å². The van der Waals surface area contributed by atoms with E-state index in [0.29, 0.717) is 0 Å². The fraction of sp³-hybridized carbons (Fsp3) is 0.300. The van der Waals surface area contributed by atoms with Crippen molar-refractivity contribution < 1.29 is 0 Å². The number of hydrogen-bond acceptors (Lipinski definition) is 1. The van der Waals surface area contributed by atoms with Crippen LogP contribution in [0.15, 0.2) is 24.3 Å². The number of rotatable bonds is 2. The van der Waals surface area contributed by atoms with Crippen LogP contribution < -0.4 is 0 Å².